The highest BCUT2D eigenvalue weighted by Crippen LogP contribution is 2.43. The van der Waals surface area contributed by atoms with Gasteiger partial charge in [0.05, 0.1) is 13.2 Å². The van der Waals surface area contributed by atoms with Crippen LogP contribution in [-0.2, 0) is 32.7 Å². The molecule has 0 spiro atoms. The Morgan fingerprint density at radius 2 is 0.559 bits per heavy atom. The standard InChI is InChI=1S/C83H158NO8P/c1-3-5-7-9-11-13-15-17-19-21-23-25-27-29-31-33-35-37-38-39-40-41-42-44-45-47-49-51-53-55-57-59-61-63-65-67-69-71-73-75-82(85)89-79-81(80-91-93(87,88)90-78-77-84)92-83(86)76-74-72-70-68-66-64-62-60-58-56-54-52-50-48-46-43-36-34-32-30-28-26-24-22-20-18-16-14-12-10-8-6-4-2/h16,18,21-24,28,30,81H,3-15,17,19-20,25-27,29,31-80,84H2,1-2H3,(H,87,88)/b18-16-,23-21-,24-22-,30-28-. The fourth-order valence-corrected chi connectivity index (χ4v) is 13.4. The minimum Gasteiger partial charge on any atom is -0.462 e. The first kappa shape index (κ1) is 91.0. The van der Waals surface area contributed by atoms with Gasteiger partial charge in [0.25, 0.3) is 0 Å². The third-order valence-corrected chi connectivity index (χ3v) is 19.7. The van der Waals surface area contributed by atoms with Crippen LogP contribution in [0.5, 0.6) is 0 Å². The quantitative estimate of drug-likeness (QED) is 0.0264. The van der Waals surface area contributed by atoms with Gasteiger partial charge in [-0.25, -0.2) is 4.57 Å². The number of phosphoric acid groups is 1. The minimum atomic E-state index is -4.40. The van der Waals surface area contributed by atoms with Crippen molar-refractivity contribution >= 4 is 19.8 Å². The molecule has 0 radical (unpaired) electrons. The maximum atomic E-state index is 12.8. The molecule has 0 fully saturated rings. The highest BCUT2D eigenvalue weighted by Gasteiger charge is 2.26. The van der Waals surface area contributed by atoms with Crippen molar-refractivity contribution in [2.24, 2.45) is 5.73 Å². The first-order valence-electron chi connectivity index (χ1n) is 41.1. The summed E-state index contributed by atoms with van der Waals surface area (Å²) in [6.07, 6.45) is 103. The molecule has 0 saturated heterocycles. The fraction of sp³-hybridized carbons (Fsp3) is 0.880. The lowest BCUT2D eigenvalue weighted by Crippen LogP contribution is -2.29. The molecule has 10 heteroatoms. The summed E-state index contributed by atoms with van der Waals surface area (Å²) in [4.78, 5) is 35.5. The van der Waals surface area contributed by atoms with Gasteiger partial charge in [-0.15, -0.1) is 0 Å². The third-order valence-electron chi connectivity index (χ3n) is 18.7. The second kappa shape index (κ2) is 79.0. The van der Waals surface area contributed by atoms with Crippen LogP contribution in [0.15, 0.2) is 48.6 Å². The number of phosphoric ester groups is 1. The summed E-state index contributed by atoms with van der Waals surface area (Å²) in [6, 6.07) is 0. The molecule has 9 nitrogen and oxygen atoms in total. The van der Waals surface area contributed by atoms with Crippen molar-refractivity contribution in [2.75, 3.05) is 26.4 Å². The summed E-state index contributed by atoms with van der Waals surface area (Å²) < 4.78 is 33.3. The van der Waals surface area contributed by atoms with Gasteiger partial charge in [0, 0.05) is 19.4 Å². The first-order chi connectivity index (χ1) is 45.8. The van der Waals surface area contributed by atoms with Crippen LogP contribution in [0.3, 0.4) is 0 Å². The molecule has 2 atom stereocenters. The lowest BCUT2D eigenvalue weighted by molar-refractivity contribution is -0.161. The number of hydrogen-bond donors (Lipinski definition) is 2. The fourth-order valence-electron chi connectivity index (χ4n) is 12.6. The number of rotatable bonds is 79. The van der Waals surface area contributed by atoms with E-state index in [1.165, 1.54) is 360 Å². The predicted molar refractivity (Wildman–Crippen MR) is 404 cm³/mol. The summed E-state index contributed by atoms with van der Waals surface area (Å²) in [5.41, 5.74) is 5.42. The van der Waals surface area contributed by atoms with E-state index < -0.39 is 26.5 Å². The molecule has 0 aliphatic heterocycles. The smallest absolute Gasteiger partial charge is 0.462 e. The Morgan fingerprint density at radius 3 is 0.839 bits per heavy atom. The zero-order chi connectivity index (χ0) is 67.2. The van der Waals surface area contributed by atoms with Crippen LogP contribution in [0, 0.1) is 0 Å². The van der Waals surface area contributed by atoms with Crippen molar-refractivity contribution in [2.45, 2.75) is 444 Å². The van der Waals surface area contributed by atoms with Gasteiger partial charge >= 0.3 is 19.8 Å². The molecular weight excluding hydrogens is 1170 g/mol. The maximum absolute atomic E-state index is 12.8. The maximum Gasteiger partial charge on any atom is 0.472 e. The highest BCUT2D eigenvalue weighted by molar-refractivity contribution is 7.47. The Bertz CT molecular complexity index is 1670. The van der Waals surface area contributed by atoms with E-state index in [0.29, 0.717) is 6.42 Å². The number of esters is 2. The second-order valence-electron chi connectivity index (χ2n) is 28.0. The van der Waals surface area contributed by atoms with Gasteiger partial charge in [-0.3, -0.25) is 18.6 Å². The van der Waals surface area contributed by atoms with Crippen LogP contribution >= 0.6 is 7.82 Å². The van der Waals surface area contributed by atoms with Crippen LogP contribution in [-0.4, -0.2) is 49.3 Å². The van der Waals surface area contributed by atoms with Crippen LogP contribution in [0.2, 0.25) is 0 Å². The number of hydrogen-bond acceptors (Lipinski definition) is 8. The normalized spacial score (nSPS) is 13.0. The summed E-state index contributed by atoms with van der Waals surface area (Å²) in [5, 5.41) is 0. The number of carbonyl (C=O) groups excluding carboxylic acids is 2. The number of unbranched alkanes of at least 4 members (excludes halogenated alkanes) is 58. The van der Waals surface area contributed by atoms with Crippen LogP contribution < -0.4 is 5.73 Å². The largest absolute Gasteiger partial charge is 0.472 e. The minimum absolute atomic E-state index is 0.0557. The van der Waals surface area contributed by atoms with Gasteiger partial charge in [0.15, 0.2) is 6.10 Å². The average Bonchev–Trinajstić information content (AvgIpc) is 3.32. The molecule has 0 amide bonds. The van der Waals surface area contributed by atoms with Crippen LogP contribution in [0.1, 0.15) is 438 Å². The molecule has 0 aliphatic carbocycles. The average molecular weight is 1330 g/mol. The van der Waals surface area contributed by atoms with Gasteiger partial charge in [-0.1, -0.05) is 396 Å². The molecule has 0 aromatic carbocycles. The van der Waals surface area contributed by atoms with Crippen molar-refractivity contribution in [1.29, 1.82) is 0 Å². The topological polar surface area (TPSA) is 134 Å². The lowest BCUT2D eigenvalue weighted by atomic mass is 10.0. The van der Waals surface area contributed by atoms with E-state index in [-0.39, 0.29) is 38.6 Å². The molecule has 0 saturated carbocycles. The summed E-state index contributed by atoms with van der Waals surface area (Å²) in [7, 11) is -4.40. The summed E-state index contributed by atoms with van der Waals surface area (Å²) >= 11 is 0. The Morgan fingerprint density at radius 1 is 0.323 bits per heavy atom. The third kappa shape index (κ3) is 78.8. The van der Waals surface area contributed by atoms with E-state index in [1.807, 2.05) is 0 Å². The second-order valence-corrected chi connectivity index (χ2v) is 29.4. The summed E-state index contributed by atoms with van der Waals surface area (Å²) in [6.45, 7) is 3.81. The number of carbonyl (C=O) groups is 2. The van der Waals surface area contributed by atoms with Crippen molar-refractivity contribution in [3.05, 3.63) is 48.6 Å². The Kier molecular flexibility index (Phi) is 77.2. The SMILES string of the molecule is CCCCCCC/C=C\C/C=C\C/C=C\CCCCCCCCCCCCCCCCCCCCC(=O)OC(COC(=O)CCCCCCCCCCCCCCCCCCCCCCCCCCCCC/C=C\CCCCCCCCCC)COP(=O)(O)OCCN. The molecule has 548 valence electrons. The van der Waals surface area contributed by atoms with Gasteiger partial charge < -0.3 is 20.1 Å². The Hall–Kier alpha value is -2.03. The number of allylic oxidation sites excluding steroid dienone is 8. The van der Waals surface area contributed by atoms with E-state index in [1.54, 1.807) is 0 Å². The van der Waals surface area contributed by atoms with Gasteiger partial charge in [0.1, 0.15) is 6.61 Å². The molecule has 2 unspecified atom stereocenters. The number of nitrogens with two attached hydrogens (primary N) is 1. The van der Waals surface area contributed by atoms with E-state index in [4.69, 9.17) is 24.3 Å². The molecule has 0 aromatic heterocycles. The molecule has 0 bridgehead atoms. The molecule has 3 N–H and O–H groups in total. The Labute approximate surface area is 578 Å². The number of ether oxygens (including phenoxy) is 2. The van der Waals surface area contributed by atoms with E-state index >= 15 is 0 Å². The van der Waals surface area contributed by atoms with E-state index in [9.17, 15) is 19.0 Å². The summed E-state index contributed by atoms with van der Waals surface area (Å²) in [5.74, 6) is -0.803. The molecule has 0 aliphatic rings. The molecule has 0 aromatic rings. The highest BCUT2D eigenvalue weighted by atomic mass is 31.2. The van der Waals surface area contributed by atoms with Crippen LogP contribution in [0.25, 0.3) is 0 Å². The van der Waals surface area contributed by atoms with Crippen molar-refractivity contribution in [3.63, 3.8) is 0 Å². The monoisotopic (exact) mass is 1330 g/mol. The van der Waals surface area contributed by atoms with Crippen molar-refractivity contribution < 1.29 is 37.6 Å². The van der Waals surface area contributed by atoms with Crippen molar-refractivity contribution in [3.8, 4) is 0 Å². The zero-order valence-electron chi connectivity index (χ0n) is 62.0. The van der Waals surface area contributed by atoms with Gasteiger partial charge in [-0.2, -0.15) is 0 Å². The Balaban J connectivity index is 3.74. The molecule has 93 heavy (non-hydrogen) atoms. The first-order valence-corrected chi connectivity index (χ1v) is 42.6. The van der Waals surface area contributed by atoms with E-state index in [2.05, 4.69) is 62.5 Å². The predicted octanol–water partition coefficient (Wildman–Crippen LogP) is 27.5. The van der Waals surface area contributed by atoms with Gasteiger partial charge in [0.2, 0.25) is 0 Å². The van der Waals surface area contributed by atoms with Crippen molar-refractivity contribution in [1.82, 2.24) is 0 Å². The molecule has 0 heterocycles. The zero-order valence-corrected chi connectivity index (χ0v) is 62.9. The van der Waals surface area contributed by atoms with E-state index in [0.717, 1.165) is 44.9 Å². The molecular formula is C83H158NO8P. The van der Waals surface area contributed by atoms with Crippen LogP contribution in [0.4, 0.5) is 0 Å². The molecule has 0 rings (SSSR count). The lowest BCUT2D eigenvalue weighted by Gasteiger charge is -2.19. The van der Waals surface area contributed by atoms with Gasteiger partial charge in [-0.05, 0) is 77.0 Å².